The zero-order valence-electron chi connectivity index (χ0n) is 15.8. The Balaban J connectivity index is 1.57. The van der Waals surface area contributed by atoms with E-state index in [-0.39, 0.29) is 6.02 Å². The maximum Gasteiger partial charge on any atom is 0.283 e. The number of aliphatic imine (C=N–C) groups is 1. The molecule has 2 aliphatic heterocycles. The summed E-state index contributed by atoms with van der Waals surface area (Å²) in [5.74, 6) is 1.50. The summed E-state index contributed by atoms with van der Waals surface area (Å²) in [6, 6.07) is 16.3. The lowest BCUT2D eigenvalue weighted by Crippen LogP contribution is -2.31. The van der Waals surface area contributed by atoms with Crippen molar-refractivity contribution in [2.75, 3.05) is 6.61 Å². The molecule has 0 saturated heterocycles. The van der Waals surface area contributed by atoms with Crippen LogP contribution in [0.25, 0.3) is 22.4 Å². The van der Waals surface area contributed by atoms with Crippen LogP contribution in [0.2, 0.25) is 0 Å². The molecule has 146 valence electrons. The van der Waals surface area contributed by atoms with Gasteiger partial charge in [0.05, 0.1) is 11.2 Å². The van der Waals surface area contributed by atoms with Gasteiger partial charge in [0.25, 0.3) is 6.02 Å². The van der Waals surface area contributed by atoms with Crippen molar-refractivity contribution in [1.82, 2.24) is 9.97 Å². The van der Waals surface area contributed by atoms with Crippen molar-refractivity contribution in [3.8, 4) is 33.9 Å². The zero-order chi connectivity index (χ0) is 20.1. The molecule has 4 aromatic rings. The van der Waals surface area contributed by atoms with Gasteiger partial charge in [-0.25, -0.2) is 9.98 Å². The van der Waals surface area contributed by atoms with Gasteiger partial charge >= 0.3 is 0 Å². The Morgan fingerprint density at radius 2 is 1.77 bits per heavy atom. The highest BCUT2D eigenvalue weighted by Gasteiger charge is 2.47. The van der Waals surface area contributed by atoms with Crippen molar-refractivity contribution < 1.29 is 9.47 Å². The fraction of sp³-hybridized carbons (Fsp3) is 0.0870. The predicted octanol–water partition coefficient (Wildman–Crippen LogP) is 4.57. The quantitative estimate of drug-likeness (QED) is 0.522. The molecule has 2 N–H and O–H groups in total. The molecule has 0 radical (unpaired) electrons. The number of hydrogen-bond acceptors (Lipinski definition) is 7. The van der Waals surface area contributed by atoms with E-state index in [0.717, 1.165) is 45.0 Å². The van der Waals surface area contributed by atoms with Gasteiger partial charge in [0.15, 0.2) is 5.54 Å². The topological polar surface area (TPSA) is 82.6 Å². The second kappa shape index (κ2) is 6.40. The Morgan fingerprint density at radius 1 is 0.967 bits per heavy atom. The molecule has 2 aromatic heterocycles. The Bertz CT molecular complexity index is 1290. The summed E-state index contributed by atoms with van der Waals surface area (Å²) in [6.07, 6.45) is 3.60. The van der Waals surface area contributed by atoms with Crippen LogP contribution in [-0.2, 0) is 10.3 Å². The lowest BCUT2D eigenvalue weighted by atomic mass is 9.79. The summed E-state index contributed by atoms with van der Waals surface area (Å²) in [5.41, 5.74) is 12.9. The van der Waals surface area contributed by atoms with E-state index in [0.29, 0.717) is 6.61 Å². The number of fused-ring (bicyclic) bond motifs is 4. The maximum atomic E-state index is 6.26. The average molecular weight is 412 g/mol. The van der Waals surface area contributed by atoms with E-state index in [4.69, 9.17) is 20.2 Å². The standard InChI is InChI=1S/C23H16N4O2S/c24-22-27-23(12-28-22)17-8-14(16-2-1-7-25-10-16)3-5-20(17)29-21-6-4-15(9-18(21)23)19-11-30-13-26-19/h1-11,13H,12H2,(H2,24,27)/t23-/m0/s1. The van der Waals surface area contributed by atoms with Gasteiger partial charge in [0, 0.05) is 40.0 Å². The van der Waals surface area contributed by atoms with Crippen LogP contribution in [0, 0.1) is 0 Å². The van der Waals surface area contributed by atoms with Gasteiger partial charge in [-0.2, -0.15) is 0 Å². The van der Waals surface area contributed by atoms with Crippen LogP contribution >= 0.6 is 11.3 Å². The molecule has 1 spiro atoms. The molecular weight excluding hydrogens is 396 g/mol. The average Bonchev–Trinajstić information content (AvgIpc) is 3.45. The first-order valence-corrected chi connectivity index (χ1v) is 10.4. The number of thiazole rings is 1. The Hall–Kier alpha value is -3.71. The Morgan fingerprint density at radius 3 is 2.43 bits per heavy atom. The smallest absolute Gasteiger partial charge is 0.283 e. The van der Waals surface area contributed by atoms with Gasteiger partial charge in [-0.15, -0.1) is 11.3 Å². The van der Waals surface area contributed by atoms with Crippen LogP contribution in [0.5, 0.6) is 11.5 Å². The number of amidine groups is 1. The molecule has 30 heavy (non-hydrogen) atoms. The molecule has 0 amide bonds. The third-order valence-corrected chi connectivity index (χ3v) is 6.11. The summed E-state index contributed by atoms with van der Waals surface area (Å²) in [6.45, 7) is 0.319. The van der Waals surface area contributed by atoms with Crippen molar-refractivity contribution >= 4 is 17.4 Å². The molecule has 6 nitrogen and oxygen atoms in total. The zero-order valence-corrected chi connectivity index (χ0v) is 16.6. The van der Waals surface area contributed by atoms with Crippen molar-refractivity contribution in [2.24, 2.45) is 10.7 Å². The Kier molecular flexibility index (Phi) is 3.66. The number of rotatable bonds is 2. The summed E-state index contributed by atoms with van der Waals surface area (Å²) >= 11 is 1.56. The first kappa shape index (κ1) is 17.2. The highest BCUT2D eigenvalue weighted by Crippen LogP contribution is 2.52. The number of nitrogens with two attached hydrogens (primary N) is 1. The predicted molar refractivity (Wildman–Crippen MR) is 116 cm³/mol. The summed E-state index contributed by atoms with van der Waals surface area (Å²) in [5, 5.41) is 2.02. The highest BCUT2D eigenvalue weighted by molar-refractivity contribution is 7.07. The number of hydrogen-bond donors (Lipinski definition) is 1. The molecule has 1 atom stereocenters. The molecule has 0 bridgehead atoms. The molecule has 0 unspecified atom stereocenters. The van der Waals surface area contributed by atoms with Gasteiger partial charge in [-0.05, 0) is 42.0 Å². The van der Waals surface area contributed by atoms with Gasteiger partial charge in [0.2, 0.25) is 0 Å². The number of ether oxygens (including phenoxy) is 2. The number of nitrogens with zero attached hydrogens (tertiary/aromatic N) is 3. The second-order valence-corrected chi connectivity index (χ2v) is 7.96. The van der Waals surface area contributed by atoms with E-state index >= 15 is 0 Å². The van der Waals surface area contributed by atoms with E-state index in [2.05, 4.69) is 22.1 Å². The summed E-state index contributed by atoms with van der Waals surface area (Å²) in [7, 11) is 0. The van der Waals surface area contributed by atoms with Crippen molar-refractivity contribution in [3.05, 3.63) is 82.9 Å². The minimum absolute atomic E-state index is 0.180. The van der Waals surface area contributed by atoms with E-state index in [1.54, 1.807) is 17.5 Å². The van der Waals surface area contributed by atoms with Crippen LogP contribution in [0.1, 0.15) is 11.1 Å². The SMILES string of the molecule is NC1=N[C@@]2(CO1)c1cc(-c3cccnc3)ccc1Oc1ccc(-c3cscn3)cc12. The third-order valence-electron chi connectivity index (χ3n) is 5.52. The lowest BCUT2D eigenvalue weighted by Gasteiger charge is -2.34. The monoisotopic (exact) mass is 412 g/mol. The molecule has 2 aliphatic rings. The normalized spacial score (nSPS) is 18.9. The van der Waals surface area contributed by atoms with Crippen LogP contribution in [-0.4, -0.2) is 22.6 Å². The number of benzene rings is 2. The molecular formula is C23H16N4O2S. The molecule has 4 heterocycles. The Labute approximate surface area is 176 Å². The van der Waals surface area contributed by atoms with Crippen LogP contribution in [0.4, 0.5) is 0 Å². The minimum atomic E-state index is -0.767. The lowest BCUT2D eigenvalue weighted by molar-refractivity contribution is 0.264. The van der Waals surface area contributed by atoms with E-state index < -0.39 is 5.54 Å². The van der Waals surface area contributed by atoms with Crippen molar-refractivity contribution in [3.63, 3.8) is 0 Å². The summed E-state index contributed by atoms with van der Waals surface area (Å²) in [4.78, 5) is 13.5. The fourth-order valence-corrected chi connectivity index (χ4v) is 4.64. The molecule has 2 aromatic carbocycles. The second-order valence-electron chi connectivity index (χ2n) is 7.24. The van der Waals surface area contributed by atoms with Crippen molar-refractivity contribution in [1.29, 1.82) is 0 Å². The minimum Gasteiger partial charge on any atom is -0.462 e. The first-order chi connectivity index (χ1) is 14.7. The number of aromatic nitrogens is 2. The van der Waals surface area contributed by atoms with Gasteiger partial charge in [-0.1, -0.05) is 12.1 Å². The molecule has 0 saturated carbocycles. The fourth-order valence-electron chi connectivity index (χ4n) is 4.08. The molecule has 7 heteroatoms. The maximum absolute atomic E-state index is 6.26. The third kappa shape index (κ3) is 2.52. The largest absolute Gasteiger partial charge is 0.462 e. The van der Waals surface area contributed by atoms with Gasteiger partial charge in [0.1, 0.15) is 18.1 Å². The van der Waals surface area contributed by atoms with Crippen LogP contribution in [0.3, 0.4) is 0 Å². The van der Waals surface area contributed by atoms with E-state index in [1.807, 2.05) is 53.5 Å². The highest BCUT2D eigenvalue weighted by atomic mass is 32.1. The number of pyridine rings is 1. The van der Waals surface area contributed by atoms with Crippen LogP contribution < -0.4 is 10.5 Å². The van der Waals surface area contributed by atoms with E-state index in [9.17, 15) is 0 Å². The molecule has 6 rings (SSSR count). The summed E-state index contributed by atoms with van der Waals surface area (Å²) < 4.78 is 11.9. The first-order valence-electron chi connectivity index (χ1n) is 9.47. The van der Waals surface area contributed by atoms with Gasteiger partial charge in [-0.3, -0.25) is 4.98 Å². The van der Waals surface area contributed by atoms with Crippen molar-refractivity contribution in [2.45, 2.75) is 5.54 Å². The molecule has 0 aliphatic carbocycles. The van der Waals surface area contributed by atoms with Gasteiger partial charge < -0.3 is 15.2 Å². The molecule has 0 fully saturated rings. The van der Waals surface area contributed by atoms with Crippen LogP contribution in [0.15, 0.2) is 76.8 Å². The van der Waals surface area contributed by atoms with E-state index in [1.165, 1.54) is 0 Å².